The first kappa shape index (κ1) is 12.0. The van der Waals surface area contributed by atoms with Crippen molar-refractivity contribution in [3.8, 4) is 0 Å². The van der Waals surface area contributed by atoms with E-state index in [0.29, 0.717) is 5.56 Å². The fourth-order valence-corrected chi connectivity index (χ4v) is 2.68. The first-order chi connectivity index (χ1) is 10.3. The van der Waals surface area contributed by atoms with Crippen LogP contribution in [0.3, 0.4) is 0 Å². The number of hydrogen-bond acceptors (Lipinski definition) is 3. The predicted molar refractivity (Wildman–Crippen MR) is 82.2 cm³/mol. The molecule has 0 aliphatic carbocycles. The van der Waals surface area contributed by atoms with Crippen molar-refractivity contribution in [3.63, 3.8) is 0 Å². The van der Waals surface area contributed by atoms with Gasteiger partial charge >= 0.3 is 5.97 Å². The maximum absolute atomic E-state index is 11.8. The third kappa shape index (κ3) is 2.03. The van der Waals surface area contributed by atoms with Gasteiger partial charge in [-0.2, -0.15) is 0 Å². The van der Waals surface area contributed by atoms with Crippen molar-refractivity contribution >= 4 is 22.4 Å². The zero-order valence-electron chi connectivity index (χ0n) is 11.2. The fraction of sp³-hybridized carbons (Fsp3) is 0.0556. The SMILES string of the molecule is O=C1O[C@H](Nc2ccc3ccccc3c2)c2ccccc21. The lowest BCUT2D eigenvalue weighted by atomic mass is 10.1. The highest BCUT2D eigenvalue weighted by Crippen LogP contribution is 2.32. The Morgan fingerprint density at radius 3 is 2.52 bits per heavy atom. The molecule has 102 valence electrons. The van der Waals surface area contributed by atoms with E-state index in [9.17, 15) is 4.79 Å². The summed E-state index contributed by atoms with van der Waals surface area (Å²) >= 11 is 0. The van der Waals surface area contributed by atoms with Gasteiger partial charge in [0.1, 0.15) is 0 Å². The molecule has 0 bridgehead atoms. The molecule has 21 heavy (non-hydrogen) atoms. The summed E-state index contributed by atoms with van der Waals surface area (Å²) in [6.07, 6.45) is -0.421. The highest BCUT2D eigenvalue weighted by Gasteiger charge is 2.30. The number of carbonyl (C=O) groups excluding carboxylic acids is 1. The Morgan fingerprint density at radius 2 is 1.62 bits per heavy atom. The molecule has 0 saturated carbocycles. The minimum Gasteiger partial charge on any atom is -0.434 e. The summed E-state index contributed by atoms with van der Waals surface area (Å²) in [7, 11) is 0. The van der Waals surface area contributed by atoms with Crippen LogP contribution in [0.25, 0.3) is 10.8 Å². The van der Waals surface area contributed by atoms with Crippen LogP contribution < -0.4 is 5.32 Å². The second kappa shape index (κ2) is 4.63. The van der Waals surface area contributed by atoms with Crippen LogP contribution in [0.5, 0.6) is 0 Å². The number of ether oxygens (including phenoxy) is 1. The average Bonchev–Trinajstić information content (AvgIpc) is 2.84. The number of fused-ring (bicyclic) bond motifs is 2. The van der Waals surface area contributed by atoms with Crippen molar-refractivity contribution in [2.24, 2.45) is 0 Å². The maximum atomic E-state index is 11.8. The van der Waals surface area contributed by atoms with Gasteiger partial charge in [-0.3, -0.25) is 0 Å². The van der Waals surface area contributed by atoms with Crippen molar-refractivity contribution in [2.45, 2.75) is 6.23 Å². The van der Waals surface area contributed by atoms with Crippen molar-refractivity contribution in [1.29, 1.82) is 0 Å². The number of hydrogen-bond donors (Lipinski definition) is 1. The first-order valence-electron chi connectivity index (χ1n) is 6.86. The summed E-state index contributed by atoms with van der Waals surface area (Å²) in [4.78, 5) is 11.8. The summed E-state index contributed by atoms with van der Waals surface area (Å²) < 4.78 is 5.40. The Labute approximate surface area is 122 Å². The van der Waals surface area contributed by atoms with Crippen LogP contribution in [-0.2, 0) is 4.74 Å². The predicted octanol–water partition coefficient (Wildman–Crippen LogP) is 4.12. The smallest absolute Gasteiger partial charge is 0.340 e. The Hall–Kier alpha value is -2.81. The lowest BCUT2D eigenvalue weighted by Crippen LogP contribution is -2.10. The summed E-state index contributed by atoms with van der Waals surface area (Å²) in [5.41, 5.74) is 2.45. The van der Waals surface area contributed by atoms with Crippen molar-refractivity contribution in [2.75, 3.05) is 5.32 Å². The molecule has 0 spiro atoms. The van der Waals surface area contributed by atoms with E-state index in [4.69, 9.17) is 4.74 Å². The summed E-state index contributed by atoms with van der Waals surface area (Å²) in [6, 6.07) is 21.7. The highest BCUT2D eigenvalue weighted by atomic mass is 16.6. The minimum absolute atomic E-state index is 0.274. The summed E-state index contributed by atoms with van der Waals surface area (Å²) in [5, 5.41) is 5.62. The van der Waals surface area contributed by atoms with E-state index in [0.717, 1.165) is 16.6 Å². The minimum atomic E-state index is -0.421. The molecule has 3 aromatic carbocycles. The van der Waals surface area contributed by atoms with E-state index >= 15 is 0 Å². The molecule has 1 heterocycles. The molecule has 1 aliphatic rings. The molecule has 0 radical (unpaired) electrons. The molecular weight excluding hydrogens is 262 g/mol. The van der Waals surface area contributed by atoms with Crippen LogP contribution in [0.15, 0.2) is 66.7 Å². The highest BCUT2D eigenvalue weighted by molar-refractivity contribution is 5.94. The molecule has 4 rings (SSSR count). The second-order valence-electron chi connectivity index (χ2n) is 5.08. The zero-order valence-corrected chi connectivity index (χ0v) is 11.2. The van der Waals surface area contributed by atoms with E-state index in [1.54, 1.807) is 6.07 Å². The van der Waals surface area contributed by atoms with Crippen LogP contribution >= 0.6 is 0 Å². The third-order valence-electron chi connectivity index (χ3n) is 3.74. The Bertz CT molecular complexity index is 841. The maximum Gasteiger partial charge on any atom is 0.340 e. The molecule has 0 fully saturated rings. The van der Waals surface area contributed by atoms with Gasteiger partial charge < -0.3 is 10.1 Å². The van der Waals surface area contributed by atoms with Gasteiger partial charge in [-0.05, 0) is 29.0 Å². The molecule has 0 amide bonds. The standard InChI is InChI=1S/C18H13NO2/c20-18-16-8-4-3-7-15(16)17(21-18)19-14-10-9-12-5-1-2-6-13(12)11-14/h1-11,17,19H/t17-/m0/s1. The van der Waals surface area contributed by atoms with Crippen molar-refractivity contribution in [1.82, 2.24) is 0 Å². The van der Waals surface area contributed by atoms with Crippen LogP contribution in [0.4, 0.5) is 5.69 Å². The molecule has 0 saturated heterocycles. The Balaban J connectivity index is 1.68. The fourth-order valence-electron chi connectivity index (χ4n) is 2.68. The van der Waals surface area contributed by atoms with Crippen LogP contribution in [0.2, 0.25) is 0 Å². The molecular formula is C18H13NO2. The number of anilines is 1. The normalized spacial score (nSPS) is 16.6. The lowest BCUT2D eigenvalue weighted by Gasteiger charge is -2.14. The Kier molecular flexibility index (Phi) is 2.64. The first-order valence-corrected chi connectivity index (χ1v) is 6.86. The van der Waals surface area contributed by atoms with Crippen molar-refractivity contribution in [3.05, 3.63) is 77.9 Å². The number of esters is 1. The van der Waals surface area contributed by atoms with E-state index in [1.807, 2.05) is 36.4 Å². The van der Waals surface area contributed by atoms with Crippen LogP contribution in [-0.4, -0.2) is 5.97 Å². The number of benzene rings is 3. The molecule has 3 aromatic rings. The van der Waals surface area contributed by atoms with E-state index < -0.39 is 6.23 Å². The lowest BCUT2D eigenvalue weighted by molar-refractivity contribution is 0.0437. The number of nitrogens with one attached hydrogen (secondary N) is 1. The molecule has 1 N–H and O–H groups in total. The summed E-state index contributed by atoms with van der Waals surface area (Å²) in [6.45, 7) is 0. The monoisotopic (exact) mass is 275 g/mol. The molecule has 1 aliphatic heterocycles. The summed E-state index contributed by atoms with van der Waals surface area (Å²) in [5.74, 6) is -0.274. The second-order valence-corrected chi connectivity index (χ2v) is 5.08. The molecule has 0 aromatic heterocycles. The molecule has 3 heteroatoms. The van der Waals surface area contributed by atoms with E-state index in [-0.39, 0.29) is 5.97 Å². The quantitative estimate of drug-likeness (QED) is 0.715. The van der Waals surface area contributed by atoms with Gasteiger partial charge in [0.2, 0.25) is 6.23 Å². The largest absolute Gasteiger partial charge is 0.434 e. The topological polar surface area (TPSA) is 38.3 Å². The number of carbonyl (C=O) groups is 1. The average molecular weight is 275 g/mol. The zero-order chi connectivity index (χ0) is 14.2. The molecule has 3 nitrogen and oxygen atoms in total. The van der Waals surface area contributed by atoms with Gasteiger partial charge in [0.05, 0.1) is 5.56 Å². The van der Waals surface area contributed by atoms with Crippen molar-refractivity contribution < 1.29 is 9.53 Å². The number of cyclic esters (lactones) is 1. The molecule has 1 atom stereocenters. The van der Waals surface area contributed by atoms with Gasteiger partial charge in [0.15, 0.2) is 0 Å². The van der Waals surface area contributed by atoms with Gasteiger partial charge in [-0.25, -0.2) is 4.79 Å². The van der Waals surface area contributed by atoms with Gasteiger partial charge in [-0.1, -0.05) is 48.5 Å². The van der Waals surface area contributed by atoms with Crippen LogP contribution in [0.1, 0.15) is 22.1 Å². The van der Waals surface area contributed by atoms with Gasteiger partial charge in [0.25, 0.3) is 0 Å². The molecule has 0 unspecified atom stereocenters. The van der Waals surface area contributed by atoms with Gasteiger partial charge in [0, 0.05) is 11.3 Å². The van der Waals surface area contributed by atoms with Crippen LogP contribution in [0, 0.1) is 0 Å². The van der Waals surface area contributed by atoms with Gasteiger partial charge in [-0.15, -0.1) is 0 Å². The Morgan fingerprint density at radius 1 is 0.857 bits per heavy atom. The third-order valence-corrected chi connectivity index (χ3v) is 3.74. The number of rotatable bonds is 2. The van der Waals surface area contributed by atoms with E-state index in [1.165, 1.54) is 5.39 Å². The van der Waals surface area contributed by atoms with E-state index in [2.05, 4.69) is 29.6 Å².